The number of carbonyl (C=O) groups excluding carboxylic acids is 7. The number of carboxylic acids is 2. The lowest BCUT2D eigenvalue weighted by Crippen LogP contribution is -2.62. The molecular weight excluding hydrogens is 1360 g/mol. The number of carboxylic acid groups (broad SMARTS) is 2. The molecular formula is C70H75N11O17S3. The maximum Gasteiger partial charge on any atom is 0.336 e. The predicted molar refractivity (Wildman–Crippen MR) is 383 cm³/mol. The molecule has 1 saturated heterocycles. The molecule has 0 radical (unpaired) electrons. The lowest BCUT2D eigenvalue weighted by Gasteiger charge is -2.29. The van der Waals surface area contributed by atoms with E-state index in [1.807, 2.05) is 0 Å². The van der Waals surface area contributed by atoms with Gasteiger partial charge >= 0.3 is 11.9 Å². The summed E-state index contributed by atoms with van der Waals surface area (Å²) in [6, 6.07) is 21.2. The Morgan fingerprint density at radius 2 is 1.33 bits per heavy atom. The number of aromatic carboxylic acids is 1. The summed E-state index contributed by atoms with van der Waals surface area (Å²) in [5.41, 5.74) is 8.74. The Kier molecular flexibility index (Phi) is 25.5. The summed E-state index contributed by atoms with van der Waals surface area (Å²) < 4.78 is 5.99. The van der Waals surface area contributed by atoms with Crippen molar-refractivity contribution in [2.24, 2.45) is 5.73 Å². The third kappa shape index (κ3) is 19.7. The van der Waals surface area contributed by atoms with E-state index in [1.54, 1.807) is 66.9 Å². The van der Waals surface area contributed by atoms with Crippen LogP contribution in [0.15, 0.2) is 149 Å². The minimum Gasteiger partial charge on any atom is -0.508 e. The number of thiocarbonyl (C=S) groups is 1. The second-order valence-electron chi connectivity index (χ2n) is 24.1. The van der Waals surface area contributed by atoms with Crippen LogP contribution in [0.1, 0.15) is 60.2 Å². The molecule has 18 N–H and O–H groups in total. The fourth-order valence-corrected chi connectivity index (χ4v) is 14.0. The fourth-order valence-electron chi connectivity index (χ4n) is 11.4. The van der Waals surface area contributed by atoms with Gasteiger partial charge in [-0.2, -0.15) is 0 Å². The van der Waals surface area contributed by atoms with E-state index in [4.69, 9.17) is 22.4 Å². The molecule has 28 nitrogen and oxygen atoms in total. The Hall–Kier alpha value is -10.6. The van der Waals surface area contributed by atoms with Gasteiger partial charge in [-0.15, -0.1) is 0 Å². The molecule has 1 fully saturated rings. The van der Waals surface area contributed by atoms with Crippen molar-refractivity contribution < 1.29 is 78.2 Å². The van der Waals surface area contributed by atoms with Crippen LogP contribution in [0.3, 0.4) is 0 Å². The number of benzene rings is 6. The zero-order valence-electron chi connectivity index (χ0n) is 54.4. The van der Waals surface area contributed by atoms with Crippen molar-refractivity contribution in [1.29, 1.82) is 0 Å². The van der Waals surface area contributed by atoms with Crippen LogP contribution in [0.2, 0.25) is 0 Å². The predicted octanol–water partition coefficient (Wildman–Crippen LogP) is 3.30. The van der Waals surface area contributed by atoms with Gasteiger partial charge in [-0.25, -0.2) is 9.59 Å². The fraction of sp³-hybridized carbons (Fsp3) is 0.300. The van der Waals surface area contributed by atoms with Crippen LogP contribution in [0.25, 0.3) is 44.3 Å². The molecule has 1 aromatic heterocycles. The van der Waals surface area contributed by atoms with Crippen LogP contribution in [-0.4, -0.2) is 173 Å². The number of aromatic amines is 1. The van der Waals surface area contributed by atoms with Crippen molar-refractivity contribution in [3.63, 3.8) is 0 Å². The van der Waals surface area contributed by atoms with Crippen LogP contribution in [0.4, 0.5) is 5.69 Å². The molecule has 101 heavy (non-hydrogen) atoms. The topological polar surface area (TPSA) is 455 Å². The highest BCUT2D eigenvalue weighted by Crippen LogP contribution is 2.42. The molecule has 10 atom stereocenters. The van der Waals surface area contributed by atoms with Crippen LogP contribution < -0.4 is 59.0 Å². The molecule has 0 unspecified atom stereocenters. The highest BCUT2D eigenvalue weighted by atomic mass is 33.1. The van der Waals surface area contributed by atoms with E-state index < -0.39 is 125 Å². The molecule has 9 rings (SSSR count). The Bertz CT molecular complexity index is 4400. The number of carbonyl (C=O) groups is 9. The molecule has 7 amide bonds. The van der Waals surface area contributed by atoms with Gasteiger partial charge in [-0.05, 0) is 129 Å². The van der Waals surface area contributed by atoms with Crippen molar-refractivity contribution in [1.82, 2.24) is 47.5 Å². The van der Waals surface area contributed by atoms with Crippen molar-refractivity contribution in [2.45, 2.75) is 113 Å². The van der Waals surface area contributed by atoms with Crippen molar-refractivity contribution in [3.8, 4) is 33.9 Å². The third-order valence-corrected chi connectivity index (χ3v) is 19.2. The highest BCUT2D eigenvalue weighted by Gasteiger charge is 2.38. The number of aliphatic carboxylic acids is 1. The van der Waals surface area contributed by atoms with Crippen molar-refractivity contribution >= 4 is 120 Å². The van der Waals surface area contributed by atoms with E-state index in [1.165, 1.54) is 79.7 Å². The second kappa shape index (κ2) is 34.5. The molecule has 5 aromatic carbocycles. The van der Waals surface area contributed by atoms with E-state index in [0.29, 0.717) is 50.5 Å². The number of hydrogen-bond donors (Lipinski definition) is 17. The Balaban J connectivity index is 1.08. The number of phenols is 2. The lowest BCUT2D eigenvalue weighted by atomic mass is 9.90. The van der Waals surface area contributed by atoms with Crippen molar-refractivity contribution in [3.05, 3.63) is 172 Å². The van der Waals surface area contributed by atoms with Gasteiger partial charge in [-0.3, -0.25) is 38.4 Å². The van der Waals surface area contributed by atoms with Crippen LogP contribution >= 0.6 is 33.8 Å². The number of aromatic nitrogens is 1. The number of H-pyrrole nitrogens is 1. The monoisotopic (exact) mass is 1440 g/mol. The molecule has 2 aliphatic heterocycles. The van der Waals surface area contributed by atoms with Crippen LogP contribution in [0.5, 0.6) is 11.5 Å². The Morgan fingerprint density at radius 1 is 0.663 bits per heavy atom. The average Bonchev–Trinajstić information content (AvgIpc) is 0.866. The number of rotatable bonds is 21. The molecule has 6 aromatic rings. The number of amides is 7. The quantitative estimate of drug-likeness (QED) is 0.0212. The molecule has 0 bridgehead atoms. The normalized spacial score (nSPS) is 19.4. The molecule has 1 aliphatic carbocycles. The number of nitrogens with one attached hydrogen (secondary N) is 10. The molecule has 3 aliphatic rings. The number of para-hydroxylation sites is 1. The smallest absolute Gasteiger partial charge is 0.336 e. The summed E-state index contributed by atoms with van der Waals surface area (Å²) in [5.74, 6) is -10.9. The zero-order valence-corrected chi connectivity index (χ0v) is 56.8. The molecule has 3 heterocycles. The number of aliphatic hydroxyl groups is 2. The number of hydrogen-bond acceptors (Lipinski definition) is 19. The first-order valence-corrected chi connectivity index (χ1v) is 34.9. The first kappa shape index (κ1) is 74.6. The maximum absolute atomic E-state index is 15.3. The third-order valence-electron chi connectivity index (χ3n) is 16.6. The number of aromatic hydroxyl groups is 2. The number of aliphatic hydroxyl groups excluding tert-OH is 2. The lowest BCUT2D eigenvalue weighted by molar-refractivity contribution is -0.145. The first-order chi connectivity index (χ1) is 48.3. The standard InChI is InChI=1S/C70H75N11O17S3/c1-35(82)59-67(93)78-55(66(92)81-60(36(2)83)69(96)97)34-101-100-33-54(65(91)75-51(27-38-15-18-41(84)19-16-38)62(88)76-53(28-39-32-72-49-13-7-6-12-44(39)49)64(90)74-50(61(87)80-59)14-8-9-25-71)77-63(89)52(26-37-10-4-3-5-11-37)79-70(99)73-40-17-22-45(48(29-40)68(94)95)58-46-23-20-42(85)30-56(46)98-57-31-43(86)21-24-47(57)58/h3-7,10-13,15-24,29-32,35-36,50-55,59-60,72,82-85H,8-9,14,25-28,33-34,71H2,1-2H3,(H,74,90)(H,75,91)(H,76,88)(H,77,89)(H,78,93)(H,80,87)(H,81,92)(H,94,95)(H,96,97)(H2,73,79,99)/t35-,36-,50+,51+,52-,53-,54+,55+,59+,60+/m1/s1. The second-order valence-corrected chi connectivity index (χ2v) is 27.1. The average molecular weight is 1440 g/mol. The van der Waals surface area contributed by atoms with E-state index in [-0.39, 0.29) is 88.8 Å². The number of nitrogens with two attached hydrogens (primary N) is 1. The van der Waals surface area contributed by atoms with Gasteiger partial charge in [-0.1, -0.05) is 88.3 Å². The minimum atomic E-state index is -1.89. The summed E-state index contributed by atoms with van der Waals surface area (Å²) in [6.07, 6.45) is -1.72. The first-order valence-electron chi connectivity index (χ1n) is 32.0. The van der Waals surface area contributed by atoms with E-state index >= 15 is 14.4 Å². The highest BCUT2D eigenvalue weighted by molar-refractivity contribution is 8.76. The van der Waals surface area contributed by atoms with Gasteiger partial charge in [0.1, 0.15) is 65.1 Å². The summed E-state index contributed by atoms with van der Waals surface area (Å²) >= 11 is 5.83. The molecule has 0 saturated carbocycles. The number of fused-ring (bicyclic) bond motifs is 3. The van der Waals surface area contributed by atoms with Crippen LogP contribution in [-0.2, 0) is 57.6 Å². The van der Waals surface area contributed by atoms with Gasteiger partial charge in [0, 0.05) is 82.2 Å². The summed E-state index contributed by atoms with van der Waals surface area (Å²) in [4.78, 5) is 145. The Labute approximate surface area is 590 Å². The molecule has 31 heteroatoms. The van der Waals surface area contributed by atoms with E-state index in [0.717, 1.165) is 28.5 Å². The summed E-state index contributed by atoms with van der Waals surface area (Å²) in [5, 5.41) is 87.9. The van der Waals surface area contributed by atoms with Crippen LogP contribution in [0, 0.1) is 0 Å². The maximum atomic E-state index is 15.3. The number of unbranched alkanes of at least 4 members (excludes halogenated alkanes) is 1. The van der Waals surface area contributed by atoms with E-state index in [2.05, 4.69) is 52.8 Å². The van der Waals surface area contributed by atoms with Gasteiger partial charge in [0.15, 0.2) is 16.6 Å². The number of anilines is 1. The zero-order chi connectivity index (χ0) is 72.6. The van der Waals surface area contributed by atoms with Gasteiger partial charge in [0.2, 0.25) is 41.4 Å². The Morgan fingerprint density at radius 3 is 2.03 bits per heavy atom. The molecule has 530 valence electrons. The van der Waals surface area contributed by atoms with Crippen molar-refractivity contribution in [2.75, 3.05) is 23.4 Å². The van der Waals surface area contributed by atoms with E-state index in [9.17, 15) is 64.2 Å². The number of phenolic OH excluding ortho intramolecular Hbond substituents is 2. The summed E-state index contributed by atoms with van der Waals surface area (Å²) in [6.45, 7) is 2.47. The SMILES string of the molecule is C[C@@H](O)[C@H](NC(=O)[C@@H]1CSSC[C@H](NC(=O)[C@@H](Cc2ccccc2)NC(=S)Nc2ccc(-c3c4ccc(=O)cc-4oc4cc(O)ccc34)c(C(=O)O)c2)C(=O)N[C@@H](Cc2ccc(O)cc2)C(=O)N[C@H](Cc2c[nH]c3ccccc23)C(=O)N[C@@H](CCCCN)C(=O)N[C@@H]([C@@H](C)O)C(=O)N1)C(=O)O. The summed E-state index contributed by atoms with van der Waals surface area (Å²) in [7, 11) is 1.72. The van der Waals surface area contributed by atoms with Gasteiger partial charge in [0.25, 0.3) is 0 Å². The van der Waals surface area contributed by atoms with Gasteiger partial charge in [0.05, 0.1) is 17.8 Å². The minimum absolute atomic E-state index is 0.0759. The molecule has 0 spiro atoms. The largest absolute Gasteiger partial charge is 0.508 e. The van der Waals surface area contributed by atoms with Gasteiger partial charge < -0.3 is 93.6 Å².